The molecule has 1 unspecified atom stereocenters. The number of nitrogens with zero attached hydrogens (tertiary/aromatic N) is 1. The molecule has 0 bridgehead atoms. The van der Waals surface area contributed by atoms with Crippen LogP contribution in [0.15, 0.2) is 18.2 Å². The Morgan fingerprint density at radius 1 is 1.44 bits per heavy atom. The van der Waals surface area contributed by atoms with Crippen LogP contribution >= 0.6 is 11.6 Å². The highest BCUT2D eigenvalue weighted by Crippen LogP contribution is 2.21. The van der Waals surface area contributed by atoms with Crippen LogP contribution in [0.5, 0.6) is 0 Å². The van der Waals surface area contributed by atoms with Gasteiger partial charge < -0.3 is 5.32 Å². The predicted molar refractivity (Wildman–Crippen MR) is 68.8 cm³/mol. The summed E-state index contributed by atoms with van der Waals surface area (Å²) in [5, 5.41) is 12.7. The first-order valence-electron chi connectivity index (χ1n) is 5.67. The van der Waals surface area contributed by atoms with E-state index in [9.17, 15) is 0 Å². The minimum atomic E-state index is 0.481. The Balaban J connectivity index is 2.74. The normalized spacial score (nSPS) is 11.9. The molecule has 1 rings (SSSR count). The highest BCUT2D eigenvalue weighted by Gasteiger charge is 2.06. The van der Waals surface area contributed by atoms with E-state index in [4.69, 9.17) is 16.9 Å². The smallest absolute Gasteiger partial charge is 0.101 e. The summed E-state index contributed by atoms with van der Waals surface area (Å²) in [6, 6.07) is 8.01. The Morgan fingerprint density at radius 3 is 2.69 bits per heavy atom. The molecular formula is C13H17ClN2. The Bertz CT molecular complexity index is 382. The lowest BCUT2D eigenvalue weighted by molar-refractivity contribution is 0.623. The van der Waals surface area contributed by atoms with Crippen molar-refractivity contribution in [3.8, 4) is 6.07 Å². The van der Waals surface area contributed by atoms with Crippen molar-refractivity contribution in [3.05, 3.63) is 28.8 Å². The molecule has 0 saturated heterocycles. The summed E-state index contributed by atoms with van der Waals surface area (Å²) in [6.07, 6.45) is 3.40. The molecule has 0 aliphatic heterocycles. The molecule has 86 valence electrons. The minimum absolute atomic E-state index is 0.481. The van der Waals surface area contributed by atoms with Crippen molar-refractivity contribution in [2.75, 3.05) is 5.32 Å². The number of nitrogens with one attached hydrogen (secondary N) is 1. The number of hydrogen-bond acceptors (Lipinski definition) is 2. The fourth-order valence-corrected chi connectivity index (χ4v) is 1.88. The van der Waals surface area contributed by atoms with E-state index in [1.807, 2.05) is 12.1 Å². The zero-order valence-electron chi connectivity index (χ0n) is 9.76. The first-order valence-corrected chi connectivity index (χ1v) is 6.05. The molecule has 0 saturated carbocycles. The average molecular weight is 237 g/mol. The largest absolute Gasteiger partial charge is 0.382 e. The minimum Gasteiger partial charge on any atom is -0.382 e. The van der Waals surface area contributed by atoms with E-state index in [0.717, 1.165) is 24.9 Å². The van der Waals surface area contributed by atoms with Gasteiger partial charge in [-0.05, 0) is 31.0 Å². The van der Waals surface area contributed by atoms with E-state index in [-0.39, 0.29) is 0 Å². The van der Waals surface area contributed by atoms with Gasteiger partial charge in [0.25, 0.3) is 0 Å². The third-order valence-corrected chi connectivity index (χ3v) is 2.90. The number of benzene rings is 1. The molecule has 1 atom stereocenters. The highest BCUT2D eigenvalue weighted by atomic mass is 35.5. The van der Waals surface area contributed by atoms with Gasteiger partial charge in [0.15, 0.2) is 0 Å². The molecule has 0 heterocycles. The molecule has 0 spiro atoms. The molecule has 16 heavy (non-hydrogen) atoms. The molecule has 0 aromatic heterocycles. The van der Waals surface area contributed by atoms with Crippen molar-refractivity contribution < 1.29 is 0 Å². The van der Waals surface area contributed by atoms with E-state index < -0.39 is 0 Å². The summed E-state index contributed by atoms with van der Waals surface area (Å²) in [5.41, 5.74) is 1.51. The van der Waals surface area contributed by atoms with Crippen LogP contribution in [0, 0.1) is 11.3 Å². The SMILES string of the molecule is CCCC(CC)Nc1ccc(C#N)c(Cl)c1. The molecule has 0 aliphatic carbocycles. The zero-order chi connectivity index (χ0) is 12.0. The first kappa shape index (κ1) is 12.9. The van der Waals surface area contributed by atoms with Crippen LogP contribution in [-0.4, -0.2) is 6.04 Å². The van der Waals surface area contributed by atoms with Gasteiger partial charge >= 0.3 is 0 Å². The van der Waals surface area contributed by atoms with Gasteiger partial charge in [0.2, 0.25) is 0 Å². The van der Waals surface area contributed by atoms with E-state index in [0.29, 0.717) is 16.6 Å². The van der Waals surface area contributed by atoms with Gasteiger partial charge in [-0.2, -0.15) is 5.26 Å². The fourth-order valence-electron chi connectivity index (χ4n) is 1.66. The lowest BCUT2D eigenvalue weighted by Crippen LogP contribution is -2.17. The average Bonchev–Trinajstić information content (AvgIpc) is 2.28. The summed E-state index contributed by atoms with van der Waals surface area (Å²) < 4.78 is 0. The monoisotopic (exact) mass is 236 g/mol. The van der Waals surface area contributed by atoms with E-state index in [2.05, 4.69) is 25.2 Å². The van der Waals surface area contributed by atoms with Gasteiger partial charge in [-0.25, -0.2) is 0 Å². The number of rotatable bonds is 5. The molecule has 0 aliphatic rings. The van der Waals surface area contributed by atoms with Crippen molar-refractivity contribution >= 4 is 17.3 Å². The maximum atomic E-state index is 8.77. The van der Waals surface area contributed by atoms with Gasteiger partial charge in [-0.1, -0.05) is 31.9 Å². The second-order valence-corrected chi connectivity index (χ2v) is 4.25. The van der Waals surface area contributed by atoms with Crippen LogP contribution in [0.2, 0.25) is 5.02 Å². The van der Waals surface area contributed by atoms with Crippen LogP contribution in [0.3, 0.4) is 0 Å². The van der Waals surface area contributed by atoms with Crippen LogP contribution in [0.4, 0.5) is 5.69 Å². The van der Waals surface area contributed by atoms with E-state index >= 15 is 0 Å². The number of hydrogen-bond donors (Lipinski definition) is 1. The van der Waals surface area contributed by atoms with Crippen molar-refractivity contribution in [2.45, 2.75) is 39.2 Å². The number of halogens is 1. The Kier molecular flexibility index (Phi) is 5.14. The molecule has 0 radical (unpaired) electrons. The van der Waals surface area contributed by atoms with Crippen molar-refractivity contribution in [1.82, 2.24) is 0 Å². The quantitative estimate of drug-likeness (QED) is 0.832. The van der Waals surface area contributed by atoms with Crippen molar-refractivity contribution in [2.24, 2.45) is 0 Å². The Morgan fingerprint density at radius 2 is 2.19 bits per heavy atom. The Labute approximate surface area is 102 Å². The maximum Gasteiger partial charge on any atom is 0.101 e. The number of anilines is 1. The van der Waals surface area contributed by atoms with Gasteiger partial charge in [0.1, 0.15) is 6.07 Å². The predicted octanol–water partition coefficient (Wildman–Crippen LogP) is 4.20. The lowest BCUT2D eigenvalue weighted by atomic mass is 10.1. The van der Waals surface area contributed by atoms with Gasteiger partial charge in [0, 0.05) is 11.7 Å². The molecule has 1 aromatic rings. The lowest BCUT2D eigenvalue weighted by Gasteiger charge is -2.17. The first-order chi connectivity index (χ1) is 7.71. The standard InChI is InChI=1S/C13H17ClN2/c1-3-5-11(4-2)16-12-7-6-10(9-15)13(14)8-12/h6-8,11,16H,3-5H2,1-2H3. The molecule has 1 aromatic carbocycles. The van der Waals surface area contributed by atoms with Crippen LogP contribution in [-0.2, 0) is 0 Å². The highest BCUT2D eigenvalue weighted by molar-refractivity contribution is 6.32. The second-order valence-electron chi connectivity index (χ2n) is 3.84. The third kappa shape index (κ3) is 3.43. The summed E-state index contributed by atoms with van der Waals surface area (Å²) in [6.45, 7) is 4.34. The van der Waals surface area contributed by atoms with Crippen LogP contribution in [0.25, 0.3) is 0 Å². The van der Waals surface area contributed by atoms with Gasteiger partial charge in [0.05, 0.1) is 10.6 Å². The summed E-state index contributed by atoms with van der Waals surface area (Å²) in [7, 11) is 0. The second kappa shape index (κ2) is 6.40. The summed E-state index contributed by atoms with van der Waals surface area (Å²) >= 11 is 5.97. The topological polar surface area (TPSA) is 35.8 Å². The maximum absolute atomic E-state index is 8.77. The molecule has 1 N–H and O–H groups in total. The molecule has 2 nitrogen and oxygen atoms in total. The number of nitriles is 1. The van der Waals surface area contributed by atoms with Crippen LogP contribution < -0.4 is 5.32 Å². The van der Waals surface area contributed by atoms with Crippen molar-refractivity contribution in [1.29, 1.82) is 5.26 Å². The van der Waals surface area contributed by atoms with E-state index in [1.54, 1.807) is 6.07 Å². The van der Waals surface area contributed by atoms with Gasteiger partial charge in [-0.3, -0.25) is 0 Å². The van der Waals surface area contributed by atoms with Gasteiger partial charge in [-0.15, -0.1) is 0 Å². The van der Waals surface area contributed by atoms with Crippen LogP contribution in [0.1, 0.15) is 38.7 Å². The Hall–Kier alpha value is -1.20. The molecular weight excluding hydrogens is 220 g/mol. The zero-order valence-corrected chi connectivity index (χ0v) is 10.5. The third-order valence-electron chi connectivity index (χ3n) is 2.59. The fraction of sp³-hybridized carbons (Fsp3) is 0.462. The molecule has 3 heteroatoms. The molecule has 0 fully saturated rings. The van der Waals surface area contributed by atoms with E-state index in [1.165, 1.54) is 0 Å². The van der Waals surface area contributed by atoms with Crippen molar-refractivity contribution in [3.63, 3.8) is 0 Å². The summed E-state index contributed by atoms with van der Waals surface area (Å²) in [5.74, 6) is 0. The summed E-state index contributed by atoms with van der Waals surface area (Å²) in [4.78, 5) is 0. The molecule has 0 amide bonds.